The molecule has 2 unspecified atom stereocenters. The molecule has 3 heteroatoms. The van der Waals surface area contributed by atoms with Crippen LogP contribution in [0.15, 0.2) is 24.3 Å². The Bertz CT molecular complexity index is 439. The van der Waals surface area contributed by atoms with Gasteiger partial charge in [0.15, 0.2) is 0 Å². The molecule has 0 spiro atoms. The topological polar surface area (TPSA) is 12.0 Å². The van der Waals surface area contributed by atoms with Crippen LogP contribution in [0.4, 0.5) is 0 Å². The highest BCUT2D eigenvalue weighted by Gasteiger charge is 2.27. The van der Waals surface area contributed by atoms with Crippen molar-refractivity contribution < 1.29 is 0 Å². The van der Waals surface area contributed by atoms with E-state index in [1.165, 1.54) is 48.5 Å². The molecule has 3 rings (SSSR count). The zero-order valence-electron chi connectivity index (χ0n) is 13.0. The highest BCUT2D eigenvalue weighted by molar-refractivity contribution is 8.06. The van der Waals surface area contributed by atoms with E-state index in [0.717, 1.165) is 17.7 Å². The number of benzene rings is 1. The van der Waals surface area contributed by atoms with E-state index in [-0.39, 0.29) is 0 Å². The van der Waals surface area contributed by atoms with Crippen LogP contribution < -0.4 is 5.32 Å². The Labute approximate surface area is 138 Å². The van der Waals surface area contributed by atoms with Crippen LogP contribution >= 0.6 is 23.5 Å². The summed E-state index contributed by atoms with van der Waals surface area (Å²) in [6.07, 6.45) is 5.42. The average molecular weight is 322 g/mol. The van der Waals surface area contributed by atoms with Gasteiger partial charge in [-0.3, -0.25) is 0 Å². The third kappa shape index (κ3) is 4.00. The zero-order valence-corrected chi connectivity index (χ0v) is 14.6. The molecule has 1 aliphatic heterocycles. The molecular weight excluding hydrogens is 294 g/mol. The van der Waals surface area contributed by atoms with E-state index < -0.39 is 0 Å². The molecule has 0 radical (unpaired) electrons. The Morgan fingerprint density at radius 1 is 1.29 bits per heavy atom. The van der Waals surface area contributed by atoms with Crippen LogP contribution in [0.2, 0.25) is 0 Å². The lowest BCUT2D eigenvalue weighted by Crippen LogP contribution is -2.34. The highest BCUT2D eigenvalue weighted by atomic mass is 32.2. The van der Waals surface area contributed by atoms with Gasteiger partial charge in [0.05, 0.1) is 0 Å². The number of hydrogen-bond acceptors (Lipinski definition) is 3. The quantitative estimate of drug-likeness (QED) is 0.805. The molecule has 116 valence electrons. The van der Waals surface area contributed by atoms with E-state index in [1.54, 1.807) is 5.56 Å². The monoisotopic (exact) mass is 321 g/mol. The molecular formula is C18H27NS2. The standard InChI is InChI=1S/C18H27NS2/c1-2-9-19-18(17-13-20-10-11-21-17)16-8-4-7-15(12-16)14-5-3-6-14/h4,7-8,12,14,17-19H,2-3,5-6,9-11,13H2,1H3. The SMILES string of the molecule is CCCNC(c1cccc(C2CCC2)c1)C1CSCCS1. The molecule has 1 aromatic rings. The minimum atomic E-state index is 0.530. The van der Waals surface area contributed by atoms with Gasteiger partial charge in [-0.25, -0.2) is 0 Å². The van der Waals surface area contributed by atoms with Gasteiger partial charge < -0.3 is 5.32 Å². The van der Waals surface area contributed by atoms with E-state index >= 15 is 0 Å². The second-order valence-corrected chi connectivity index (χ2v) is 8.71. The van der Waals surface area contributed by atoms with Crippen molar-refractivity contribution in [2.24, 2.45) is 0 Å². The molecule has 1 nitrogen and oxygen atoms in total. The lowest BCUT2D eigenvalue weighted by molar-refractivity contribution is 0.419. The molecule has 1 heterocycles. The van der Waals surface area contributed by atoms with Gasteiger partial charge >= 0.3 is 0 Å². The van der Waals surface area contributed by atoms with Crippen LogP contribution in [0.25, 0.3) is 0 Å². The van der Waals surface area contributed by atoms with Crippen molar-refractivity contribution in [3.63, 3.8) is 0 Å². The Morgan fingerprint density at radius 2 is 2.19 bits per heavy atom. The molecule has 1 saturated heterocycles. The van der Waals surface area contributed by atoms with Crippen molar-refractivity contribution >= 4 is 23.5 Å². The van der Waals surface area contributed by atoms with Crippen LogP contribution in [0.1, 0.15) is 55.7 Å². The summed E-state index contributed by atoms with van der Waals surface area (Å²) < 4.78 is 0. The second kappa shape index (κ2) is 7.94. The Morgan fingerprint density at radius 3 is 2.86 bits per heavy atom. The van der Waals surface area contributed by atoms with Gasteiger partial charge in [-0.05, 0) is 42.9 Å². The third-order valence-electron chi connectivity index (χ3n) is 4.67. The summed E-state index contributed by atoms with van der Waals surface area (Å²) in [4.78, 5) is 0. The first-order chi connectivity index (χ1) is 10.4. The summed E-state index contributed by atoms with van der Waals surface area (Å²) in [7, 11) is 0. The Kier molecular flexibility index (Phi) is 5.96. The fourth-order valence-electron chi connectivity index (χ4n) is 3.21. The van der Waals surface area contributed by atoms with E-state index in [1.807, 2.05) is 0 Å². The Balaban J connectivity index is 1.77. The zero-order chi connectivity index (χ0) is 14.5. The maximum atomic E-state index is 3.82. The fraction of sp³-hybridized carbons (Fsp3) is 0.667. The van der Waals surface area contributed by atoms with Crippen LogP contribution in [0.3, 0.4) is 0 Å². The van der Waals surface area contributed by atoms with Crippen molar-refractivity contribution in [2.75, 3.05) is 23.8 Å². The molecule has 21 heavy (non-hydrogen) atoms. The Hall–Kier alpha value is -0.120. The number of thioether (sulfide) groups is 2. The maximum absolute atomic E-state index is 3.82. The van der Waals surface area contributed by atoms with Gasteiger partial charge in [0.2, 0.25) is 0 Å². The van der Waals surface area contributed by atoms with E-state index in [4.69, 9.17) is 0 Å². The third-order valence-corrected chi connectivity index (χ3v) is 7.54. The van der Waals surface area contributed by atoms with E-state index in [0.29, 0.717) is 6.04 Å². The lowest BCUT2D eigenvalue weighted by Gasteiger charge is -2.32. The molecule has 2 atom stereocenters. The smallest absolute Gasteiger partial charge is 0.0448 e. The summed E-state index contributed by atoms with van der Waals surface area (Å²) in [6, 6.07) is 9.99. The summed E-state index contributed by atoms with van der Waals surface area (Å²) in [5, 5.41) is 4.55. The molecule has 0 bridgehead atoms. The number of hydrogen-bond donors (Lipinski definition) is 1. The van der Waals surface area contributed by atoms with Gasteiger partial charge in [-0.15, -0.1) is 0 Å². The van der Waals surface area contributed by atoms with Gasteiger partial charge in [0.1, 0.15) is 0 Å². The molecule has 0 amide bonds. The summed E-state index contributed by atoms with van der Waals surface area (Å²) in [5.41, 5.74) is 3.10. The van der Waals surface area contributed by atoms with E-state index in [9.17, 15) is 0 Å². The molecule has 1 aliphatic carbocycles. The molecule has 1 aromatic carbocycles. The first-order valence-electron chi connectivity index (χ1n) is 8.41. The van der Waals surface area contributed by atoms with Crippen LogP contribution in [0.5, 0.6) is 0 Å². The van der Waals surface area contributed by atoms with E-state index in [2.05, 4.69) is 60.0 Å². The maximum Gasteiger partial charge on any atom is 0.0448 e. The first-order valence-corrected chi connectivity index (χ1v) is 10.6. The van der Waals surface area contributed by atoms with Crippen molar-refractivity contribution in [1.29, 1.82) is 0 Å². The highest BCUT2D eigenvalue weighted by Crippen LogP contribution is 2.39. The van der Waals surface area contributed by atoms with Crippen LogP contribution in [-0.2, 0) is 0 Å². The van der Waals surface area contributed by atoms with Gasteiger partial charge in [-0.1, -0.05) is 37.6 Å². The molecule has 2 fully saturated rings. The molecule has 1 saturated carbocycles. The predicted octanol–water partition coefficient (Wildman–Crippen LogP) is 4.84. The summed E-state index contributed by atoms with van der Waals surface area (Å²) >= 11 is 4.29. The van der Waals surface area contributed by atoms with Crippen LogP contribution in [-0.4, -0.2) is 29.1 Å². The van der Waals surface area contributed by atoms with Crippen molar-refractivity contribution in [2.45, 2.75) is 49.8 Å². The molecule has 1 N–H and O–H groups in total. The minimum absolute atomic E-state index is 0.530. The fourth-order valence-corrected chi connectivity index (χ4v) is 6.08. The minimum Gasteiger partial charge on any atom is -0.309 e. The first kappa shape index (κ1) is 15.8. The normalized spacial score (nSPS) is 24.5. The number of rotatable bonds is 6. The second-order valence-electron chi connectivity index (χ2n) is 6.21. The van der Waals surface area contributed by atoms with Gasteiger partial charge in [-0.2, -0.15) is 23.5 Å². The van der Waals surface area contributed by atoms with Gasteiger partial charge in [0, 0.05) is 28.6 Å². The van der Waals surface area contributed by atoms with Gasteiger partial charge in [0.25, 0.3) is 0 Å². The molecule has 2 aliphatic rings. The average Bonchev–Trinajstić information content (AvgIpc) is 2.47. The lowest BCUT2D eigenvalue weighted by atomic mass is 9.79. The van der Waals surface area contributed by atoms with Crippen molar-refractivity contribution in [3.8, 4) is 0 Å². The van der Waals surface area contributed by atoms with Crippen molar-refractivity contribution in [3.05, 3.63) is 35.4 Å². The molecule has 0 aromatic heterocycles. The number of nitrogens with one attached hydrogen (secondary N) is 1. The summed E-state index contributed by atoms with van der Waals surface area (Å²) in [6.45, 7) is 3.39. The van der Waals surface area contributed by atoms with Crippen molar-refractivity contribution in [1.82, 2.24) is 5.32 Å². The van der Waals surface area contributed by atoms with Crippen LogP contribution in [0, 0.1) is 0 Å². The predicted molar refractivity (Wildman–Crippen MR) is 97.6 cm³/mol. The summed E-state index contributed by atoms with van der Waals surface area (Å²) in [5.74, 6) is 4.76. The largest absolute Gasteiger partial charge is 0.309 e.